The van der Waals surface area contributed by atoms with Crippen LogP contribution in [-0.4, -0.2) is 5.94 Å². The van der Waals surface area contributed by atoms with Gasteiger partial charge in [0.2, 0.25) is 0 Å². The largest absolute Gasteiger partial charge is 0.234 e. The normalized spacial score (nSPS) is 9.78. The Bertz CT molecular complexity index is 169. The zero-order valence-corrected chi connectivity index (χ0v) is 5.08. The van der Waals surface area contributed by atoms with E-state index in [9.17, 15) is 4.79 Å². The summed E-state index contributed by atoms with van der Waals surface area (Å²) in [6.45, 7) is 3.47. The third-order valence-corrected chi connectivity index (χ3v) is 0.634. The van der Waals surface area contributed by atoms with Crippen LogP contribution in [0.15, 0.2) is 43.0 Å². The maximum Gasteiger partial charge on any atom is 0.124 e. The zero-order valence-electron chi connectivity index (χ0n) is 5.08. The van der Waals surface area contributed by atoms with Gasteiger partial charge in [-0.25, -0.2) is 4.79 Å². The maximum atomic E-state index is 9.56. The Kier molecular flexibility index (Phi) is 5.68. The molecule has 0 aromatic rings. The van der Waals surface area contributed by atoms with E-state index >= 15 is 0 Å². The Hall–Kier alpha value is -1.33. The second kappa shape index (κ2) is 6.67. The van der Waals surface area contributed by atoms with E-state index in [0.717, 1.165) is 0 Å². The molecule has 0 rings (SSSR count). The van der Waals surface area contributed by atoms with Gasteiger partial charge in [0.05, 0.1) is 0 Å². The number of rotatable bonds is 3. The third-order valence-electron chi connectivity index (χ3n) is 0.634. The first-order valence-corrected chi connectivity index (χ1v) is 2.57. The molecule has 46 valence electrons. The van der Waals surface area contributed by atoms with Crippen molar-refractivity contribution in [1.82, 2.24) is 0 Å². The van der Waals surface area contributed by atoms with Gasteiger partial charge in [-0.2, -0.15) is 0 Å². The number of hydrogen-bond acceptors (Lipinski definition) is 1. The van der Waals surface area contributed by atoms with Gasteiger partial charge in [0, 0.05) is 6.08 Å². The van der Waals surface area contributed by atoms with Crippen LogP contribution in [0.1, 0.15) is 0 Å². The van der Waals surface area contributed by atoms with Crippen molar-refractivity contribution >= 4 is 5.94 Å². The molecule has 0 bridgehead atoms. The monoisotopic (exact) mass is 120 g/mol. The predicted octanol–water partition coefficient (Wildman–Crippen LogP) is 1.67. The fourth-order valence-corrected chi connectivity index (χ4v) is 0.302. The first-order valence-electron chi connectivity index (χ1n) is 2.57. The van der Waals surface area contributed by atoms with Crippen LogP contribution in [0.4, 0.5) is 0 Å². The van der Waals surface area contributed by atoms with Crippen molar-refractivity contribution < 1.29 is 4.79 Å². The Balaban J connectivity index is 3.58. The highest BCUT2D eigenvalue weighted by molar-refractivity contribution is 5.48. The van der Waals surface area contributed by atoms with Crippen molar-refractivity contribution in [2.45, 2.75) is 0 Å². The molecule has 0 atom stereocenters. The lowest BCUT2D eigenvalue weighted by Gasteiger charge is -1.66. The van der Waals surface area contributed by atoms with Gasteiger partial charge in [-0.05, 0) is 0 Å². The van der Waals surface area contributed by atoms with Gasteiger partial charge in [-0.15, -0.1) is 0 Å². The van der Waals surface area contributed by atoms with Crippen LogP contribution in [0, 0.1) is 0 Å². The van der Waals surface area contributed by atoms with Gasteiger partial charge in [0.1, 0.15) is 5.94 Å². The van der Waals surface area contributed by atoms with Crippen molar-refractivity contribution in [3.8, 4) is 0 Å². The summed E-state index contributed by atoms with van der Waals surface area (Å²) in [6, 6.07) is 0. The van der Waals surface area contributed by atoms with Crippen LogP contribution in [0.5, 0.6) is 0 Å². The molecule has 0 aliphatic carbocycles. The molecule has 0 saturated heterocycles. The van der Waals surface area contributed by atoms with Gasteiger partial charge >= 0.3 is 0 Å². The molecule has 0 radical (unpaired) electrons. The highest BCUT2D eigenvalue weighted by Gasteiger charge is 1.57. The van der Waals surface area contributed by atoms with Gasteiger partial charge in [-0.3, -0.25) is 0 Å². The zero-order chi connectivity index (χ0) is 6.95. The first-order chi connectivity index (χ1) is 4.41. The topological polar surface area (TPSA) is 17.1 Å². The molecule has 0 aliphatic heterocycles. The molecule has 0 spiro atoms. The Morgan fingerprint density at radius 2 is 1.78 bits per heavy atom. The summed E-state index contributed by atoms with van der Waals surface area (Å²) in [6.07, 6.45) is 9.85. The molecule has 9 heavy (non-hydrogen) atoms. The second-order valence-corrected chi connectivity index (χ2v) is 1.29. The van der Waals surface area contributed by atoms with E-state index in [1.165, 1.54) is 6.08 Å². The molecule has 1 nitrogen and oxygen atoms in total. The predicted molar refractivity (Wildman–Crippen MR) is 38.7 cm³/mol. The Morgan fingerprint density at radius 3 is 2.33 bits per heavy atom. The highest BCUT2D eigenvalue weighted by atomic mass is 16.1. The van der Waals surface area contributed by atoms with E-state index in [4.69, 9.17) is 0 Å². The van der Waals surface area contributed by atoms with Crippen LogP contribution in [0.3, 0.4) is 0 Å². The minimum absolute atomic E-state index is 1.30. The van der Waals surface area contributed by atoms with E-state index in [1.54, 1.807) is 36.3 Å². The van der Waals surface area contributed by atoms with Crippen molar-refractivity contribution in [2.24, 2.45) is 0 Å². The molecule has 0 amide bonds. The maximum absolute atomic E-state index is 9.56. The summed E-state index contributed by atoms with van der Waals surface area (Å²) >= 11 is 0. The fraction of sp³-hybridized carbons (Fsp3) is 0. The lowest BCUT2D eigenvalue weighted by atomic mass is 10.4. The first kappa shape index (κ1) is 7.67. The average Bonchev–Trinajstić information content (AvgIpc) is 1.89. The van der Waals surface area contributed by atoms with E-state index in [2.05, 4.69) is 6.58 Å². The molecule has 0 fully saturated rings. The van der Waals surface area contributed by atoms with E-state index in [-0.39, 0.29) is 0 Å². The number of carbonyl (C=O) groups excluding carboxylic acids is 1. The van der Waals surface area contributed by atoms with Crippen LogP contribution in [-0.2, 0) is 4.79 Å². The quantitative estimate of drug-likeness (QED) is 0.409. The second-order valence-electron chi connectivity index (χ2n) is 1.29. The molecule has 0 aromatic heterocycles. The van der Waals surface area contributed by atoms with Gasteiger partial charge in [0.25, 0.3) is 0 Å². The van der Waals surface area contributed by atoms with Crippen LogP contribution in [0.2, 0.25) is 0 Å². The van der Waals surface area contributed by atoms with Crippen molar-refractivity contribution in [3.63, 3.8) is 0 Å². The standard InChI is InChI=1S/C8H8O/c1-2-3-4-5-6-7-8-9/h2-7H,1H2. The number of hydrogen-bond donors (Lipinski definition) is 0. The van der Waals surface area contributed by atoms with Gasteiger partial charge in [-0.1, -0.05) is 37.0 Å². The van der Waals surface area contributed by atoms with Gasteiger partial charge in [0.15, 0.2) is 0 Å². The van der Waals surface area contributed by atoms with Crippen LogP contribution < -0.4 is 0 Å². The molecule has 0 aromatic carbocycles. The minimum atomic E-state index is 1.30. The van der Waals surface area contributed by atoms with E-state index < -0.39 is 0 Å². The highest BCUT2D eigenvalue weighted by Crippen LogP contribution is 1.76. The fourth-order valence-electron chi connectivity index (χ4n) is 0.302. The lowest BCUT2D eigenvalue weighted by molar-refractivity contribution is 0.569. The molecule has 0 unspecified atom stereocenters. The third kappa shape index (κ3) is 6.67. The average molecular weight is 120 g/mol. The molecular formula is C8H8O. The molecule has 0 aliphatic rings. The Morgan fingerprint density at radius 1 is 1.11 bits per heavy atom. The summed E-state index contributed by atoms with van der Waals surface area (Å²) in [4.78, 5) is 9.56. The smallest absolute Gasteiger partial charge is 0.124 e. The van der Waals surface area contributed by atoms with Crippen LogP contribution in [0.25, 0.3) is 0 Å². The number of allylic oxidation sites excluding steroid dienone is 6. The summed E-state index contributed by atoms with van der Waals surface area (Å²) in [5, 5.41) is 0. The van der Waals surface area contributed by atoms with Crippen molar-refractivity contribution in [3.05, 3.63) is 43.0 Å². The summed E-state index contributed by atoms with van der Waals surface area (Å²) < 4.78 is 0. The summed E-state index contributed by atoms with van der Waals surface area (Å²) in [5.41, 5.74) is 0. The van der Waals surface area contributed by atoms with Crippen molar-refractivity contribution in [1.29, 1.82) is 0 Å². The molecule has 0 N–H and O–H groups in total. The van der Waals surface area contributed by atoms with Crippen LogP contribution >= 0.6 is 0 Å². The lowest BCUT2D eigenvalue weighted by Crippen LogP contribution is -1.49. The van der Waals surface area contributed by atoms with E-state index in [0.29, 0.717) is 0 Å². The molecule has 0 saturated carbocycles. The molecular weight excluding hydrogens is 112 g/mol. The SMILES string of the molecule is C=CC=CC=CC=C=O. The summed E-state index contributed by atoms with van der Waals surface area (Å²) in [7, 11) is 0. The minimum Gasteiger partial charge on any atom is -0.234 e. The van der Waals surface area contributed by atoms with Crippen molar-refractivity contribution in [2.75, 3.05) is 0 Å². The van der Waals surface area contributed by atoms with Gasteiger partial charge < -0.3 is 0 Å². The molecule has 0 heterocycles. The Labute approximate surface area is 54.7 Å². The molecule has 1 heteroatoms. The van der Waals surface area contributed by atoms with E-state index in [1.807, 2.05) is 0 Å². The summed E-state index contributed by atoms with van der Waals surface area (Å²) in [5.74, 6) is 1.62.